The van der Waals surface area contributed by atoms with Gasteiger partial charge in [-0.3, -0.25) is 4.79 Å². The Kier molecular flexibility index (Phi) is 4.70. The van der Waals surface area contributed by atoms with Crippen molar-refractivity contribution in [3.63, 3.8) is 0 Å². The first-order chi connectivity index (χ1) is 13.0. The van der Waals surface area contributed by atoms with Crippen LogP contribution >= 0.6 is 9.24 Å². The Labute approximate surface area is 156 Å². The minimum Gasteiger partial charge on any atom is -0.352 e. The Morgan fingerprint density at radius 3 is 2.52 bits per heavy atom. The molecule has 0 bridgehead atoms. The Morgan fingerprint density at radius 2 is 1.81 bits per heavy atom. The fraction of sp³-hybridized carbons (Fsp3) is 0.294. The van der Waals surface area contributed by atoms with Crippen molar-refractivity contribution in [2.45, 2.75) is 6.42 Å². The SMILES string of the molecule is O=C(Cc1cc(F)c(P)c(F)c1)N1CCN(c2ccc3nncn3n2)CC1. The molecule has 1 unspecified atom stereocenters. The summed E-state index contributed by atoms with van der Waals surface area (Å²) in [7, 11) is 2.02. The number of anilines is 1. The number of hydrogen-bond acceptors (Lipinski definition) is 5. The molecule has 0 saturated carbocycles. The zero-order chi connectivity index (χ0) is 19.0. The molecule has 3 aromatic rings. The summed E-state index contributed by atoms with van der Waals surface area (Å²) in [6.07, 6.45) is 1.51. The Bertz CT molecular complexity index is 979. The molecule has 7 nitrogen and oxygen atoms in total. The maximum absolute atomic E-state index is 13.6. The lowest BCUT2D eigenvalue weighted by atomic mass is 10.1. The van der Waals surface area contributed by atoms with E-state index in [1.807, 2.05) is 21.4 Å². The number of hydrogen-bond donors (Lipinski definition) is 0. The predicted molar refractivity (Wildman–Crippen MR) is 99.0 cm³/mol. The molecule has 4 rings (SSSR count). The number of carbonyl (C=O) groups is 1. The van der Waals surface area contributed by atoms with Crippen LogP contribution in [0.15, 0.2) is 30.6 Å². The lowest BCUT2D eigenvalue weighted by Crippen LogP contribution is -2.49. The number of nitrogens with zero attached hydrogens (tertiary/aromatic N) is 6. The molecule has 2 aromatic heterocycles. The van der Waals surface area contributed by atoms with Crippen molar-refractivity contribution < 1.29 is 13.6 Å². The largest absolute Gasteiger partial charge is 0.352 e. The molecule has 1 aliphatic rings. The quantitative estimate of drug-likeness (QED) is 0.619. The van der Waals surface area contributed by atoms with Crippen LogP contribution in [0.2, 0.25) is 0 Å². The van der Waals surface area contributed by atoms with Crippen LogP contribution < -0.4 is 10.2 Å². The first kappa shape index (κ1) is 17.7. The Balaban J connectivity index is 1.39. The van der Waals surface area contributed by atoms with Gasteiger partial charge in [0.05, 0.1) is 6.42 Å². The summed E-state index contributed by atoms with van der Waals surface area (Å²) in [6.45, 7) is 2.29. The van der Waals surface area contributed by atoms with Crippen molar-refractivity contribution in [3.8, 4) is 0 Å². The molecule has 10 heteroatoms. The first-order valence-corrected chi connectivity index (χ1v) is 9.02. The van der Waals surface area contributed by atoms with E-state index in [0.717, 1.165) is 5.82 Å². The van der Waals surface area contributed by atoms with Gasteiger partial charge in [0.25, 0.3) is 0 Å². The van der Waals surface area contributed by atoms with E-state index in [-0.39, 0.29) is 17.6 Å². The van der Waals surface area contributed by atoms with Crippen molar-refractivity contribution in [1.29, 1.82) is 0 Å². The number of fused-ring (bicyclic) bond motifs is 1. The molecule has 1 amide bonds. The number of aromatic nitrogens is 4. The smallest absolute Gasteiger partial charge is 0.227 e. The number of benzene rings is 1. The summed E-state index contributed by atoms with van der Waals surface area (Å²) in [4.78, 5) is 16.3. The van der Waals surface area contributed by atoms with Gasteiger partial charge in [0, 0.05) is 31.5 Å². The van der Waals surface area contributed by atoms with Gasteiger partial charge in [-0.1, -0.05) is 9.24 Å². The molecule has 1 saturated heterocycles. The van der Waals surface area contributed by atoms with Crippen molar-refractivity contribution in [2.75, 3.05) is 31.1 Å². The van der Waals surface area contributed by atoms with E-state index in [4.69, 9.17) is 0 Å². The monoisotopic (exact) mass is 390 g/mol. The third kappa shape index (κ3) is 3.60. The van der Waals surface area contributed by atoms with Gasteiger partial charge in [-0.25, -0.2) is 8.78 Å². The van der Waals surface area contributed by atoms with Crippen molar-refractivity contribution >= 4 is 31.9 Å². The summed E-state index contributed by atoms with van der Waals surface area (Å²) >= 11 is 0. The molecule has 140 valence electrons. The summed E-state index contributed by atoms with van der Waals surface area (Å²) in [6, 6.07) is 6.12. The maximum atomic E-state index is 13.6. The average Bonchev–Trinajstić information content (AvgIpc) is 3.14. The van der Waals surface area contributed by atoms with Gasteiger partial charge in [-0.2, -0.15) is 4.52 Å². The van der Waals surface area contributed by atoms with Gasteiger partial charge in [0.1, 0.15) is 23.8 Å². The van der Waals surface area contributed by atoms with Crippen LogP contribution in [0.4, 0.5) is 14.6 Å². The molecule has 1 aromatic carbocycles. The molecule has 27 heavy (non-hydrogen) atoms. The Hall–Kier alpha value is -2.67. The fourth-order valence-electron chi connectivity index (χ4n) is 3.10. The highest BCUT2D eigenvalue weighted by atomic mass is 31.0. The van der Waals surface area contributed by atoms with Crippen LogP contribution in [0, 0.1) is 11.6 Å². The zero-order valence-electron chi connectivity index (χ0n) is 14.3. The third-order valence-corrected chi connectivity index (χ3v) is 5.15. The number of piperazine rings is 1. The van der Waals surface area contributed by atoms with Crippen LogP contribution in [-0.4, -0.2) is 56.8 Å². The molecular formula is C17H17F2N6OP. The lowest BCUT2D eigenvalue weighted by molar-refractivity contribution is -0.130. The highest BCUT2D eigenvalue weighted by Crippen LogP contribution is 2.16. The lowest BCUT2D eigenvalue weighted by Gasteiger charge is -2.35. The third-order valence-electron chi connectivity index (χ3n) is 4.60. The summed E-state index contributed by atoms with van der Waals surface area (Å²) in [5.41, 5.74) is 1.01. The number of halogens is 2. The van der Waals surface area contributed by atoms with Crippen molar-refractivity contribution in [2.24, 2.45) is 0 Å². The van der Waals surface area contributed by atoms with Gasteiger partial charge in [-0.15, -0.1) is 15.3 Å². The Morgan fingerprint density at radius 1 is 1.11 bits per heavy atom. The van der Waals surface area contributed by atoms with Gasteiger partial charge < -0.3 is 9.80 Å². The van der Waals surface area contributed by atoms with Crippen LogP contribution in [0.25, 0.3) is 5.65 Å². The van der Waals surface area contributed by atoms with Gasteiger partial charge in [-0.05, 0) is 29.8 Å². The minimum atomic E-state index is -0.664. The van der Waals surface area contributed by atoms with Gasteiger partial charge in [0.2, 0.25) is 5.91 Å². The number of amides is 1. The predicted octanol–water partition coefficient (Wildman–Crippen LogP) is 0.794. The standard InChI is InChI=1S/C17H17F2N6OP/c18-12-7-11(8-13(19)17(12)27)9-16(26)24-5-3-23(4-6-24)15-2-1-14-21-20-10-25(14)22-15/h1-2,7-8,10H,3-6,9,27H2. The van der Waals surface area contributed by atoms with E-state index in [1.165, 1.54) is 18.5 Å². The average molecular weight is 390 g/mol. The number of carbonyl (C=O) groups excluding carboxylic acids is 1. The summed E-state index contributed by atoms with van der Waals surface area (Å²) in [5, 5.41) is 12.1. The molecule has 0 radical (unpaired) electrons. The topological polar surface area (TPSA) is 66.6 Å². The van der Waals surface area contributed by atoms with E-state index < -0.39 is 11.6 Å². The summed E-state index contributed by atoms with van der Waals surface area (Å²) in [5.74, 6) is -0.687. The molecule has 1 fully saturated rings. The summed E-state index contributed by atoms with van der Waals surface area (Å²) < 4.78 is 28.9. The second-order valence-corrected chi connectivity index (χ2v) is 6.92. The molecule has 0 aliphatic carbocycles. The highest BCUT2D eigenvalue weighted by Gasteiger charge is 2.23. The van der Waals surface area contributed by atoms with E-state index in [2.05, 4.69) is 20.2 Å². The van der Waals surface area contributed by atoms with Crippen molar-refractivity contribution in [3.05, 3.63) is 47.8 Å². The van der Waals surface area contributed by atoms with Crippen molar-refractivity contribution in [1.82, 2.24) is 24.7 Å². The van der Waals surface area contributed by atoms with Gasteiger partial charge >= 0.3 is 0 Å². The molecule has 0 N–H and O–H groups in total. The molecule has 1 atom stereocenters. The highest BCUT2D eigenvalue weighted by molar-refractivity contribution is 7.27. The molecule has 1 aliphatic heterocycles. The van der Waals surface area contributed by atoms with E-state index in [9.17, 15) is 13.6 Å². The normalized spacial score (nSPS) is 14.8. The first-order valence-electron chi connectivity index (χ1n) is 8.44. The fourth-order valence-corrected chi connectivity index (χ4v) is 3.26. The van der Waals surface area contributed by atoms with Crippen LogP contribution in [0.5, 0.6) is 0 Å². The van der Waals surface area contributed by atoms with Crippen LogP contribution in [0.1, 0.15) is 5.56 Å². The van der Waals surface area contributed by atoms with E-state index in [1.54, 1.807) is 9.42 Å². The van der Waals surface area contributed by atoms with Crippen LogP contribution in [-0.2, 0) is 11.2 Å². The van der Waals surface area contributed by atoms with E-state index in [0.29, 0.717) is 37.4 Å². The minimum absolute atomic E-state index is 0.0241. The van der Waals surface area contributed by atoms with Gasteiger partial charge in [0.15, 0.2) is 5.65 Å². The zero-order valence-corrected chi connectivity index (χ0v) is 15.5. The second kappa shape index (κ2) is 7.15. The molecular weight excluding hydrogens is 373 g/mol. The number of rotatable bonds is 3. The van der Waals surface area contributed by atoms with E-state index >= 15 is 0 Å². The molecule has 0 spiro atoms. The molecule has 3 heterocycles. The van der Waals surface area contributed by atoms with Crippen LogP contribution in [0.3, 0.4) is 0 Å². The maximum Gasteiger partial charge on any atom is 0.227 e. The second-order valence-electron chi connectivity index (χ2n) is 6.34.